The molecule has 2 rings (SSSR count). The fourth-order valence-corrected chi connectivity index (χ4v) is 3.43. The molecule has 0 aliphatic carbocycles. The normalized spacial score (nSPS) is 13.3. The Morgan fingerprint density at radius 2 is 1.70 bits per heavy atom. The number of aliphatic hydroxyl groups excluding tert-OH is 1. The lowest BCUT2D eigenvalue weighted by Gasteiger charge is -2.12. The van der Waals surface area contributed by atoms with E-state index >= 15 is 0 Å². The molecule has 2 atom stereocenters. The molecule has 0 bridgehead atoms. The number of rotatable bonds is 8. The molecule has 0 aliphatic heterocycles. The predicted molar refractivity (Wildman–Crippen MR) is 107 cm³/mol. The molecular formula is C16H19N2O6P2S+. The molecule has 3 N–H and O–H groups in total. The first kappa shape index (κ1) is 21.4. The van der Waals surface area contributed by atoms with Crippen molar-refractivity contribution in [2.24, 2.45) is 5.10 Å². The van der Waals surface area contributed by atoms with Gasteiger partial charge in [-0.25, -0.2) is 0 Å². The van der Waals surface area contributed by atoms with Crippen molar-refractivity contribution in [1.29, 1.82) is 0 Å². The molecule has 0 spiro atoms. The maximum atomic E-state index is 11.1. The van der Waals surface area contributed by atoms with E-state index in [0.717, 1.165) is 11.3 Å². The molecule has 144 valence electrons. The van der Waals surface area contributed by atoms with E-state index in [2.05, 4.69) is 5.10 Å². The van der Waals surface area contributed by atoms with E-state index in [9.17, 15) is 9.67 Å². The first-order valence-corrected chi connectivity index (χ1v) is 11.5. The maximum absolute atomic E-state index is 11.1. The Bertz CT molecular complexity index is 854. The molecule has 0 fully saturated rings. The molecule has 2 aromatic rings. The minimum Gasteiger partial charge on any atom is -0.497 e. The molecule has 0 aromatic heterocycles. The number of benzene rings is 2. The highest BCUT2D eigenvalue weighted by Crippen LogP contribution is 2.49. The smallest absolute Gasteiger partial charge is 0.497 e. The highest BCUT2D eigenvalue weighted by molar-refractivity contribution is 8.02. The molecule has 0 saturated heterocycles. The molecule has 0 heterocycles. The van der Waals surface area contributed by atoms with Crippen LogP contribution in [0.5, 0.6) is 11.5 Å². The van der Waals surface area contributed by atoms with E-state index in [1.54, 1.807) is 20.4 Å². The number of aliphatic hydroxyl groups is 1. The van der Waals surface area contributed by atoms with E-state index in [1.165, 1.54) is 29.0 Å². The van der Waals surface area contributed by atoms with Gasteiger partial charge < -0.3 is 19.6 Å². The van der Waals surface area contributed by atoms with Crippen LogP contribution in [0.1, 0.15) is 17.0 Å². The molecule has 0 saturated carbocycles. The zero-order chi connectivity index (χ0) is 20.0. The Balaban J connectivity index is 1.97. The largest absolute Gasteiger partial charge is 0.540 e. The van der Waals surface area contributed by atoms with Gasteiger partial charge in [0.25, 0.3) is 0 Å². The maximum Gasteiger partial charge on any atom is 0.540 e. The summed E-state index contributed by atoms with van der Waals surface area (Å²) < 4.78 is 23.3. The van der Waals surface area contributed by atoms with Crippen molar-refractivity contribution in [2.75, 3.05) is 14.2 Å². The van der Waals surface area contributed by atoms with Crippen molar-refractivity contribution in [1.82, 2.24) is 4.78 Å². The standard InChI is InChI=1S/C16H18N2O6P2S/c1-18(17-11-12-3-7-14(23-2)8-4-12)25(27)24-15-9-5-13(6-10-15)16(19)26(20,21)22/h3-11,16,19H,1-2H3,(H-,20,21,22)/p+1/b17-11+. The minimum absolute atomic E-state index is 0.0928. The minimum atomic E-state index is -4.62. The van der Waals surface area contributed by atoms with Gasteiger partial charge in [-0.05, 0) is 47.5 Å². The van der Waals surface area contributed by atoms with Crippen LogP contribution in [0.4, 0.5) is 0 Å². The highest BCUT2D eigenvalue weighted by Gasteiger charge is 2.28. The summed E-state index contributed by atoms with van der Waals surface area (Å²) in [6.45, 7) is 0. The van der Waals surface area contributed by atoms with Gasteiger partial charge in [0.1, 0.15) is 5.75 Å². The van der Waals surface area contributed by atoms with E-state index in [-0.39, 0.29) is 5.56 Å². The summed E-state index contributed by atoms with van der Waals surface area (Å²) in [5.74, 6) is -0.709. The van der Waals surface area contributed by atoms with E-state index in [4.69, 9.17) is 30.9 Å². The molecular weight excluding hydrogens is 410 g/mol. The van der Waals surface area contributed by atoms with E-state index < -0.39 is 20.5 Å². The predicted octanol–water partition coefficient (Wildman–Crippen LogP) is 2.98. The molecule has 8 nitrogen and oxygen atoms in total. The highest BCUT2D eigenvalue weighted by atomic mass is 32.4. The molecule has 27 heavy (non-hydrogen) atoms. The lowest BCUT2D eigenvalue weighted by Crippen LogP contribution is -2.04. The van der Waals surface area contributed by atoms with Crippen LogP contribution in [0.2, 0.25) is 0 Å². The Hall–Kier alpha value is -1.86. The van der Waals surface area contributed by atoms with Crippen LogP contribution in [-0.2, 0) is 16.4 Å². The lowest BCUT2D eigenvalue weighted by molar-refractivity contribution is 0.205. The monoisotopic (exact) mass is 429 g/mol. The summed E-state index contributed by atoms with van der Waals surface area (Å²) in [6.07, 6.45) is 1.64. The van der Waals surface area contributed by atoms with Crippen LogP contribution in [0, 0.1) is 0 Å². The third kappa shape index (κ3) is 6.36. The number of ether oxygens (including phenoxy) is 1. The number of methoxy groups -OCH3 is 1. The van der Waals surface area contributed by atoms with Crippen molar-refractivity contribution < 1.29 is 28.7 Å². The average molecular weight is 429 g/mol. The van der Waals surface area contributed by atoms with Crippen LogP contribution in [0.25, 0.3) is 0 Å². The van der Waals surface area contributed by atoms with E-state index in [0.29, 0.717) is 5.75 Å². The first-order valence-electron chi connectivity index (χ1n) is 7.61. The summed E-state index contributed by atoms with van der Waals surface area (Å²) in [6, 6.07) is 13.1. The van der Waals surface area contributed by atoms with E-state index in [1.807, 2.05) is 24.3 Å². The molecule has 0 amide bonds. The molecule has 11 heteroatoms. The zero-order valence-corrected chi connectivity index (χ0v) is 17.1. The Morgan fingerprint density at radius 3 is 2.22 bits per heavy atom. The van der Waals surface area contributed by atoms with Gasteiger partial charge in [-0.15, -0.1) is 5.10 Å². The number of nitrogens with zero attached hydrogens (tertiary/aromatic N) is 2. The van der Waals surface area contributed by atoms with Crippen molar-refractivity contribution in [3.05, 3.63) is 59.7 Å². The van der Waals surface area contributed by atoms with Crippen molar-refractivity contribution in [3.63, 3.8) is 0 Å². The van der Waals surface area contributed by atoms with Crippen LogP contribution in [0.3, 0.4) is 0 Å². The summed E-state index contributed by atoms with van der Waals surface area (Å²) in [4.78, 5) is 18.0. The van der Waals surface area contributed by atoms with Crippen molar-refractivity contribution >= 4 is 32.7 Å². The number of hydrazone groups is 1. The molecule has 2 aromatic carbocycles. The van der Waals surface area contributed by atoms with Crippen LogP contribution < -0.4 is 9.26 Å². The third-order valence-electron chi connectivity index (χ3n) is 3.41. The van der Waals surface area contributed by atoms with Crippen LogP contribution >= 0.6 is 14.7 Å². The summed E-state index contributed by atoms with van der Waals surface area (Å²) >= 11 is 5.30. The molecule has 0 aliphatic rings. The average Bonchev–Trinajstić information content (AvgIpc) is 2.65. The van der Waals surface area contributed by atoms with Gasteiger partial charge in [0, 0.05) is 0 Å². The molecule has 2 unspecified atom stereocenters. The quantitative estimate of drug-likeness (QED) is 0.334. The SMILES string of the molecule is COc1ccc(/C=N/N(C)[P+](=S)Oc2ccc(C(O)P(=O)(O)O)cc2)cc1. The Labute approximate surface area is 162 Å². The first-order chi connectivity index (χ1) is 12.7. The summed E-state index contributed by atoms with van der Waals surface area (Å²) in [5, 5.41) is 13.8. The van der Waals surface area contributed by atoms with Gasteiger partial charge in [-0.1, -0.05) is 16.9 Å². The fraction of sp³-hybridized carbons (Fsp3) is 0.188. The van der Waals surface area contributed by atoms with Gasteiger partial charge in [-0.2, -0.15) is 0 Å². The van der Waals surface area contributed by atoms with Gasteiger partial charge in [0.05, 0.1) is 20.4 Å². The third-order valence-corrected chi connectivity index (χ3v) is 6.22. The second kappa shape index (κ2) is 9.37. The Kier molecular flexibility index (Phi) is 7.44. The summed E-state index contributed by atoms with van der Waals surface area (Å²) in [5.41, 5.74) is 0.965. The van der Waals surface area contributed by atoms with Gasteiger partial charge in [0.15, 0.2) is 11.6 Å². The number of hydrogen-bond donors (Lipinski definition) is 3. The second-order valence-electron chi connectivity index (χ2n) is 5.37. The van der Waals surface area contributed by atoms with Crippen LogP contribution in [0.15, 0.2) is 53.6 Å². The molecule has 0 radical (unpaired) electrons. The van der Waals surface area contributed by atoms with Gasteiger partial charge >= 0.3 is 14.7 Å². The van der Waals surface area contributed by atoms with Crippen molar-refractivity contribution in [2.45, 2.75) is 5.85 Å². The summed E-state index contributed by atoms with van der Waals surface area (Å²) in [7, 11) is -2.83. The Morgan fingerprint density at radius 1 is 1.15 bits per heavy atom. The second-order valence-corrected chi connectivity index (χ2v) is 9.21. The van der Waals surface area contributed by atoms with Crippen LogP contribution in [-0.4, -0.2) is 40.0 Å². The zero-order valence-electron chi connectivity index (χ0n) is 14.5. The lowest BCUT2D eigenvalue weighted by atomic mass is 10.2. The van der Waals surface area contributed by atoms with Gasteiger partial charge in [0.2, 0.25) is 11.8 Å². The number of hydrogen-bond acceptors (Lipinski definition) is 6. The van der Waals surface area contributed by atoms with Crippen molar-refractivity contribution in [3.8, 4) is 11.5 Å². The van der Waals surface area contributed by atoms with Gasteiger partial charge in [-0.3, -0.25) is 9.09 Å². The topological polar surface area (TPSA) is 112 Å². The fourth-order valence-electron chi connectivity index (χ4n) is 1.93.